The minimum absolute atomic E-state index is 0.0771. The minimum atomic E-state index is -0.488. The van der Waals surface area contributed by atoms with Gasteiger partial charge in [0.1, 0.15) is 12.1 Å². The lowest BCUT2D eigenvalue weighted by Crippen LogP contribution is -1.94. The SMILES string of the molecule is COc1cc([N+](=O)[O-])c2ncncc2c1. The lowest BCUT2D eigenvalue weighted by atomic mass is 10.2. The van der Waals surface area contributed by atoms with Gasteiger partial charge in [0.15, 0.2) is 5.52 Å². The van der Waals surface area contributed by atoms with Crippen LogP contribution in [-0.2, 0) is 0 Å². The molecule has 1 heterocycles. The molecule has 0 aliphatic rings. The van der Waals surface area contributed by atoms with Gasteiger partial charge in [0.25, 0.3) is 5.69 Å². The molecule has 0 bridgehead atoms. The molecule has 0 amide bonds. The number of fused-ring (bicyclic) bond motifs is 1. The van der Waals surface area contributed by atoms with Gasteiger partial charge in [-0.25, -0.2) is 9.97 Å². The van der Waals surface area contributed by atoms with Crippen molar-refractivity contribution in [3.8, 4) is 5.75 Å². The van der Waals surface area contributed by atoms with E-state index in [0.29, 0.717) is 16.7 Å². The van der Waals surface area contributed by atoms with Crippen molar-refractivity contribution in [2.45, 2.75) is 0 Å². The highest BCUT2D eigenvalue weighted by Crippen LogP contribution is 2.28. The van der Waals surface area contributed by atoms with Crippen LogP contribution in [0, 0.1) is 10.1 Å². The van der Waals surface area contributed by atoms with E-state index in [1.165, 1.54) is 25.7 Å². The number of aromatic nitrogens is 2. The van der Waals surface area contributed by atoms with Crippen LogP contribution in [0.25, 0.3) is 10.9 Å². The van der Waals surface area contributed by atoms with Gasteiger partial charge in [0.05, 0.1) is 18.1 Å². The van der Waals surface area contributed by atoms with E-state index >= 15 is 0 Å². The Kier molecular flexibility index (Phi) is 2.17. The number of rotatable bonds is 2. The van der Waals surface area contributed by atoms with Crippen molar-refractivity contribution in [2.24, 2.45) is 0 Å². The third-order valence-corrected chi connectivity index (χ3v) is 1.99. The Bertz CT molecular complexity index is 527. The summed E-state index contributed by atoms with van der Waals surface area (Å²) in [5.41, 5.74) is 0.238. The van der Waals surface area contributed by atoms with Crippen molar-refractivity contribution in [3.63, 3.8) is 0 Å². The number of hydrogen-bond donors (Lipinski definition) is 0. The van der Waals surface area contributed by atoms with Crippen molar-refractivity contribution >= 4 is 16.6 Å². The maximum atomic E-state index is 10.8. The Morgan fingerprint density at radius 3 is 2.93 bits per heavy atom. The van der Waals surface area contributed by atoms with Gasteiger partial charge >= 0.3 is 0 Å². The van der Waals surface area contributed by atoms with Crippen LogP contribution in [0.3, 0.4) is 0 Å². The zero-order valence-corrected chi connectivity index (χ0v) is 7.88. The van der Waals surface area contributed by atoms with Crippen molar-refractivity contribution in [3.05, 3.63) is 34.8 Å². The molecule has 0 saturated heterocycles. The molecule has 2 aromatic rings. The average molecular weight is 205 g/mol. The van der Waals surface area contributed by atoms with Crippen LogP contribution < -0.4 is 4.74 Å². The summed E-state index contributed by atoms with van der Waals surface area (Å²) >= 11 is 0. The third kappa shape index (κ3) is 1.56. The molecule has 1 aromatic carbocycles. The van der Waals surface area contributed by atoms with Gasteiger partial charge in [-0.1, -0.05) is 0 Å². The Hall–Kier alpha value is -2.24. The summed E-state index contributed by atoms with van der Waals surface area (Å²) in [6.45, 7) is 0. The summed E-state index contributed by atoms with van der Waals surface area (Å²) < 4.78 is 4.95. The van der Waals surface area contributed by atoms with Crippen LogP contribution in [0.4, 0.5) is 5.69 Å². The van der Waals surface area contributed by atoms with Crippen molar-refractivity contribution < 1.29 is 9.66 Å². The predicted octanol–water partition coefficient (Wildman–Crippen LogP) is 1.55. The summed E-state index contributed by atoms with van der Waals surface area (Å²) in [7, 11) is 1.45. The van der Waals surface area contributed by atoms with Crippen LogP contribution >= 0.6 is 0 Å². The smallest absolute Gasteiger partial charge is 0.299 e. The first-order valence-electron chi connectivity index (χ1n) is 4.14. The normalized spacial score (nSPS) is 10.2. The van der Waals surface area contributed by atoms with Crippen LogP contribution in [0.5, 0.6) is 5.75 Å². The molecule has 0 saturated carbocycles. The second-order valence-electron chi connectivity index (χ2n) is 2.86. The van der Waals surface area contributed by atoms with E-state index < -0.39 is 4.92 Å². The van der Waals surface area contributed by atoms with E-state index in [-0.39, 0.29) is 5.69 Å². The molecule has 0 spiro atoms. The molecule has 1 aromatic heterocycles. The van der Waals surface area contributed by atoms with Crippen LogP contribution in [0.2, 0.25) is 0 Å². The quantitative estimate of drug-likeness (QED) is 0.549. The van der Waals surface area contributed by atoms with E-state index in [0.717, 1.165) is 0 Å². The molecule has 76 valence electrons. The zero-order valence-electron chi connectivity index (χ0n) is 7.88. The molecular formula is C9H7N3O3. The highest BCUT2D eigenvalue weighted by molar-refractivity contribution is 5.87. The average Bonchev–Trinajstić information content (AvgIpc) is 2.27. The number of hydrogen-bond acceptors (Lipinski definition) is 5. The van der Waals surface area contributed by atoms with E-state index in [9.17, 15) is 10.1 Å². The maximum absolute atomic E-state index is 10.8. The Labute approximate surface area is 84.7 Å². The molecule has 0 unspecified atom stereocenters. The molecule has 0 radical (unpaired) electrons. The third-order valence-electron chi connectivity index (χ3n) is 1.99. The van der Waals surface area contributed by atoms with E-state index in [4.69, 9.17) is 4.74 Å². The molecule has 0 N–H and O–H groups in total. The molecule has 6 heteroatoms. The minimum Gasteiger partial charge on any atom is -0.496 e. The summed E-state index contributed by atoms with van der Waals surface area (Å²) in [5, 5.41) is 11.4. The highest BCUT2D eigenvalue weighted by Gasteiger charge is 2.15. The molecular weight excluding hydrogens is 198 g/mol. The lowest BCUT2D eigenvalue weighted by Gasteiger charge is -2.02. The van der Waals surface area contributed by atoms with Gasteiger partial charge in [-0.15, -0.1) is 0 Å². The number of ether oxygens (including phenoxy) is 1. The second-order valence-corrected chi connectivity index (χ2v) is 2.86. The van der Waals surface area contributed by atoms with Crippen molar-refractivity contribution in [1.82, 2.24) is 9.97 Å². The predicted molar refractivity (Wildman–Crippen MR) is 52.7 cm³/mol. The Balaban J connectivity index is 2.80. The molecule has 2 rings (SSSR count). The van der Waals surface area contributed by atoms with Gasteiger partial charge in [-0.2, -0.15) is 0 Å². The van der Waals surface area contributed by atoms with E-state index in [2.05, 4.69) is 9.97 Å². The first-order valence-corrected chi connectivity index (χ1v) is 4.14. The monoisotopic (exact) mass is 205 g/mol. The molecule has 0 fully saturated rings. The van der Waals surface area contributed by atoms with Gasteiger partial charge in [0.2, 0.25) is 0 Å². The van der Waals surface area contributed by atoms with Gasteiger partial charge < -0.3 is 4.74 Å². The number of nitro groups is 1. The fourth-order valence-corrected chi connectivity index (χ4v) is 1.32. The van der Waals surface area contributed by atoms with Gasteiger partial charge in [-0.3, -0.25) is 10.1 Å². The number of nitro benzene ring substituents is 1. The highest BCUT2D eigenvalue weighted by atomic mass is 16.6. The fourth-order valence-electron chi connectivity index (χ4n) is 1.32. The zero-order chi connectivity index (χ0) is 10.8. The lowest BCUT2D eigenvalue weighted by molar-refractivity contribution is -0.383. The summed E-state index contributed by atoms with van der Waals surface area (Å²) in [6, 6.07) is 3.00. The van der Waals surface area contributed by atoms with Crippen molar-refractivity contribution in [2.75, 3.05) is 7.11 Å². The maximum Gasteiger partial charge on any atom is 0.299 e. The van der Waals surface area contributed by atoms with Gasteiger partial charge in [0, 0.05) is 11.6 Å². The number of nitrogens with zero attached hydrogens (tertiary/aromatic N) is 3. The molecule has 0 aliphatic heterocycles. The van der Waals surface area contributed by atoms with E-state index in [1.807, 2.05) is 0 Å². The van der Waals surface area contributed by atoms with Crippen molar-refractivity contribution in [1.29, 1.82) is 0 Å². The van der Waals surface area contributed by atoms with Gasteiger partial charge in [-0.05, 0) is 6.07 Å². The topological polar surface area (TPSA) is 78.2 Å². The molecule has 0 aliphatic carbocycles. The fraction of sp³-hybridized carbons (Fsp3) is 0.111. The molecule has 0 atom stereocenters. The molecule has 6 nitrogen and oxygen atoms in total. The Morgan fingerprint density at radius 1 is 1.47 bits per heavy atom. The number of benzene rings is 1. The second kappa shape index (κ2) is 3.49. The van der Waals surface area contributed by atoms with Crippen LogP contribution in [0.1, 0.15) is 0 Å². The first kappa shape index (κ1) is 9.32. The standard InChI is InChI=1S/C9H7N3O3/c1-15-7-2-6-4-10-5-11-9(6)8(3-7)12(13)14/h2-5H,1H3. The largest absolute Gasteiger partial charge is 0.496 e. The molecule has 15 heavy (non-hydrogen) atoms. The van der Waals surface area contributed by atoms with E-state index in [1.54, 1.807) is 6.07 Å². The summed E-state index contributed by atoms with van der Waals surface area (Å²) in [4.78, 5) is 18.0. The summed E-state index contributed by atoms with van der Waals surface area (Å²) in [5.74, 6) is 0.420. The Morgan fingerprint density at radius 2 is 2.27 bits per heavy atom. The van der Waals surface area contributed by atoms with Crippen LogP contribution in [-0.4, -0.2) is 22.0 Å². The number of methoxy groups -OCH3 is 1. The van der Waals surface area contributed by atoms with Crippen LogP contribution in [0.15, 0.2) is 24.7 Å². The summed E-state index contributed by atoms with van der Waals surface area (Å²) in [6.07, 6.45) is 2.79. The number of non-ortho nitro benzene ring substituents is 1. The first-order chi connectivity index (χ1) is 7.22.